The molecule has 15 heavy (non-hydrogen) atoms. The van der Waals surface area contributed by atoms with E-state index in [1.54, 1.807) is 0 Å². The van der Waals surface area contributed by atoms with Crippen LogP contribution in [-0.2, 0) is 4.74 Å². The van der Waals surface area contributed by atoms with Crippen molar-refractivity contribution in [2.24, 2.45) is 5.92 Å². The van der Waals surface area contributed by atoms with Gasteiger partial charge in [-0.25, -0.2) is 0 Å². The largest absolute Gasteiger partial charge is 0.378 e. The second kappa shape index (κ2) is 5.83. The van der Waals surface area contributed by atoms with Gasteiger partial charge in [-0.1, -0.05) is 13.3 Å². The topological polar surface area (TPSA) is 24.5 Å². The first-order valence-corrected chi connectivity index (χ1v) is 6.42. The van der Waals surface area contributed by atoms with Crippen LogP contribution in [0.15, 0.2) is 0 Å². The van der Waals surface area contributed by atoms with Crippen molar-refractivity contribution in [3.05, 3.63) is 0 Å². The fourth-order valence-electron chi connectivity index (χ4n) is 2.77. The van der Waals surface area contributed by atoms with E-state index in [4.69, 9.17) is 4.74 Å². The van der Waals surface area contributed by atoms with Gasteiger partial charge < -0.3 is 15.0 Å². The molecule has 3 nitrogen and oxygen atoms in total. The van der Waals surface area contributed by atoms with Crippen molar-refractivity contribution in [3.8, 4) is 0 Å². The van der Waals surface area contributed by atoms with Crippen molar-refractivity contribution in [2.45, 2.75) is 32.2 Å². The first kappa shape index (κ1) is 11.4. The van der Waals surface area contributed by atoms with E-state index in [-0.39, 0.29) is 0 Å². The Bertz CT molecular complexity index is 180. The Morgan fingerprint density at radius 2 is 2.40 bits per heavy atom. The van der Waals surface area contributed by atoms with Gasteiger partial charge in [0.2, 0.25) is 0 Å². The van der Waals surface area contributed by atoms with Crippen molar-refractivity contribution in [1.82, 2.24) is 10.2 Å². The van der Waals surface area contributed by atoms with Gasteiger partial charge >= 0.3 is 0 Å². The number of rotatable bonds is 4. The van der Waals surface area contributed by atoms with Crippen LogP contribution < -0.4 is 5.32 Å². The molecule has 2 aliphatic rings. The SMILES string of the molecule is CCCC1CCN(CC2COCCN2)C1. The summed E-state index contributed by atoms with van der Waals surface area (Å²) in [5.41, 5.74) is 0. The molecule has 0 aromatic carbocycles. The third-order valence-electron chi connectivity index (χ3n) is 3.54. The quantitative estimate of drug-likeness (QED) is 0.755. The van der Waals surface area contributed by atoms with Gasteiger partial charge in [0, 0.05) is 25.7 Å². The lowest BCUT2D eigenvalue weighted by atomic mass is 10.0. The number of nitrogens with one attached hydrogen (secondary N) is 1. The Kier molecular flexibility index (Phi) is 4.42. The van der Waals surface area contributed by atoms with Crippen LogP contribution >= 0.6 is 0 Å². The summed E-state index contributed by atoms with van der Waals surface area (Å²) in [4.78, 5) is 2.60. The molecular formula is C12H24N2O. The van der Waals surface area contributed by atoms with Crippen LogP contribution in [0.1, 0.15) is 26.2 Å². The van der Waals surface area contributed by atoms with Gasteiger partial charge in [0.15, 0.2) is 0 Å². The highest BCUT2D eigenvalue weighted by Crippen LogP contribution is 2.20. The van der Waals surface area contributed by atoms with Crippen LogP contribution in [0, 0.1) is 5.92 Å². The Morgan fingerprint density at radius 3 is 3.13 bits per heavy atom. The number of likely N-dealkylation sites (tertiary alicyclic amines) is 1. The first-order valence-electron chi connectivity index (χ1n) is 6.42. The molecule has 2 saturated heterocycles. The summed E-state index contributed by atoms with van der Waals surface area (Å²) in [5.74, 6) is 0.958. The van der Waals surface area contributed by atoms with Crippen LogP contribution in [0.4, 0.5) is 0 Å². The summed E-state index contributed by atoms with van der Waals surface area (Å²) in [6.07, 6.45) is 4.15. The molecular weight excluding hydrogens is 188 g/mol. The summed E-state index contributed by atoms with van der Waals surface area (Å²) in [7, 11) is 0. The molecule has 2 aliphatic heterocycles. The number of hydrogen-bond donors (Lipinski definition) is 1. The molecule has 1 N–H and O–H groups in total. The number of nitrogens with zero attached hydrogens (tertiary/aromatic N) is 1. The summed E-state index contributed by atoms with van der Waals surface area (Å²) >= 11 is 0. The highest BCUT2D eigenvalue weighted by atomic mass is 16.5. The lowest BCUT2D eigenvalue weighted by Gasteiger charge is -2.28. The molecule has 0 amide bonds. The van der Waals surface area contributed by atoms with Crippen molar-refractivity contribution in [2.75, 3.05) is 39.4 Å². The van der Waals surface area contributed by atoms with Crippen LogP contribution in [0.3, 0.4) is 0 Å². The van der Waals surface area contributed by atoms with E-state index in [9.17, 15) is 0 Å². The molecule has 0 aromatic rings. The molecule has 3 heteroatoms. The highest BCUT2D eigenvalue weighted by Gasteiger charge is 2.24. The van der Waals surface area contributed by atoms with Crippen LogP contribution in [-0.4, -0.2) is 50.3 Å². The second-order valence-electron chi connectivity index (χ2n) is 4.93. The Balaban J connectivity index is 1.67. The predicted molar refractivity (Wildman–Crippen MR) is 62.1 cm³/mol. The summed E-state index contributed by atoms with van der Waals surface area (Å²) in [5, 5.41) is 3.53. The fraction of sp³-hybridized carbons (Fsp3) is 1.00. The lowest BCUT2D eigenvalue weighted by Crippen LogP contribution is -2.47. The molecule has 0 saturated carbocycles. The first-order chi connectivity index (χ1) is 7.38. The van der Waals surface area contributed by atoms with Crippen molar-refractivity contribution >= 4 is 0 Å². The van der Waals surface area contributed by atoms with Crippen LogP contribution in [0.5, 0.6) is 0 Å². The lowest BCUT2D eigenvalue weighted by molar-refractivity contribution is 0.0646. The van der Waals surface area contributed by atoms with Gasteiger partial charge in [0.25, 0.3) is 0 Å². The molecule has 0 radical (unpaired) electrons. The maximum atomic E-state index is 5.48. The third kappa shape index (κ3) is 3.44. The molecule has 0 aromatic heterocycles. The third-order valence-corrected chi connectivity index (χ3v) is 3.54. The minimum absolute atomic E-state index is 0.569. The van der Waals surface area contributed by atoms with Gasteiger partial charge in [0.05, 0.1) is 13.2 Å². The number of morpholine rings is 1. The van der Waals surface area contributed by atoms with E-state index in [1.165, 1.54) is 38.9 Å². The van der Waals surface area contributed by atoms with E-state index < -0.39 is 0 Å². The fourth-order valence-corrected chi connectivity index (χ4v) is 2.77. The van der Waals surface area contributed by atoms with E-state index in [1.807, 2.05) is 0 Å². The molecule has 2 fully saturated rings. The van der Waals surface area contributed by atoms with Crippen LogP contribution in [0.25, 0.3) is 0 Å². The van der Waals surface area contributed by atoms with Crippen molar-refractivity contribution in [3.63, 3.8) is 0 Å². The summed E-state index contributed by atoms with van der Waals surface area (Å²) in [6, 6.07) is 0.569. The van der Waals surface area contributed by atoms with E-state index in [0.29, 0.717) is 6.04 Å². The molecule has 0 aliphatic carbocycles. The zero-order valence-corrected chi connectivity index (χ0v) is 9.87. The molecule has 0 bridgehead atoms. The number of ether oxygens (including phenoxy) is 1. The van der Waals surface area contributed by atoms with Gasteiger partial charge in [-0.05, 0) is 25.3 Å². The van der Waals surface area contributed by atoms with Gasteiger partial charge in [-0.15, -0.1) is 0 Å². The van der Waals surface area contributed by atoms with Gasteiger partial charge in [-0.2, -0.15) is 0 Å². The Hall–Kier alpha value is -0.120. The average molecular weight is 212 g/mol. The minimum Gasteiger partial charge on any atom is -0.378 e. The van der Waals surface area contributed by atoms with E-state index >= 15 is 0 Å². The van der Waals surface area contributed by atoms with Gasteiger partial charge in [0.1, 0.15) is 0 Å². The standard InChI is InChI=1S/C12H24N2O/c1-2-3-11-4-6-14(8-11)9-12-10-15-7-5-13-12/h11-13H,2-10H2,1H3. The number of hydrogen-bond acceptors (Lipinski definition) is 3. The molecule has 0 spiro atoms. The van der Waals surface area contributed by atoms with Gasteiger partial charge in [-0.3, -0.25) is 0 Å². The van der Waals surface area contributed by atoms with Crippen LogP contribution in [0.2, 0.25) is 0 Å². The molecule has 2 atom stereocenters. The maximum Gasteiger partial charge on any atom is 0.0632 e. The Morgan fingerprint density at radius 1 is 1.47 bits per heavy atom. The van der Waals surface area contributed by atoms with E-state index in [2.05, 4.69) is 17.1 Å². The summed E-state index contributed by atoms with van der Waals surface area (Å²) < 4.78 is 5.48. The minimum atomic E-state index is 0.569. The maximum absolute atomic E-state index is 5.48. The second-order valence-corrected chi connectivity index (χ2v) is 4.93. The highest BCUT2D eigenvalue weighted by molar-refractivity contribution is 4.80. The molecule has 2 heterocycles. The molecule has 2 rings (SSSR count). The zero-order valence-electron chi connectivity index (χ0n) is 9.87. The normalized spacial score (nSPS) is 33.4. The smallest absolute Gasteiger partial charge is 0.0632 e. The average Bonchev–Trinajstić information content (AvgIpc) is 2.68. The van der Waals surface area contributed by atoms with Crippen molar-refractivity contribution < 1.29 is 4.74 Å². The van der Waals surface area contributed by atoms with Crippen molar-refractivity contribution in [1.29, 1.82) is 0 Å². The Labute approximate surface area is 93.2 Å². The molecule has 2 unspecified atom stereocenters. The monoisotopic (exact) mass is 212 g/mol. The predicted octanol–water partition coefficient (Wildman–Crippen LogP) is 1.10. The molecule has 88 valence electrons. The summed E-state index contributed by atoms with van der Waals surface area (Å²) in [6.45, 7) is 8.88. The zero-order chi connectivity index (χ0) is 10.5. The van der Waals surface area contributed by atoms with E-state index in [0.717, 1.165) is 25.7 Å².